The van der Waals surface area contributed by atoms with Gasteiger partial charge < -0.3 is 29.6 Å². The molecule has 2 amide bonds. The zero-order valence-corrected chi connectivity index (χ0v) is 23.3. The molecule has 2 N–H and O–H groups in total. The molecular formula is C30H32N2O6S. The van der Waals surface area contributed by atoms with Gasteiger partial charge in [-0.25, -0.2) is 0 Å². The largest absolute Gasteiger partial charge is 0.493 e. The third-order valence-corrected chi connectivity index (χ3v) is 7.05. The molecule has 0 bridgehead atoms. The second-order valence-corrected chi connectivity index (χ2v) is 9.63. The fourth-order valence-corrected chi connectivity index (χ4v) is 5.00. The lowest BCUT2D eigenvalue weighted by Crippen LogP contribution is -2.26. The van der Waals surface area contributed by atoms with E-state index in [2.05, 4.69) is 10.6 Å². The number of rotatable bonds is 11. The van der Waals surface area contributed by atoms with E-state index in [0.29, 0.717) is 65.3 Å². The van der Waals surface area contributed by atoms with Crippen LogP contribution < -0.4 is 29.6 Å². The van der Waals surface area contributed by atoms with Crippen molar-refractivity contribution in [3.05, 3.63) is 76.2 Å². The number of benzene rings is 3. The molecule has 1 heterocycles. The van der Waals surface area contributed by atoms with Crippen molar-refractivity contribution in [1.82, 2.24) is 5.32 Å². The highest BCUT2D eigenvalue weighted by molar-refractivity contribution is 8.04. The topological polar surface area (TPSA) is 95.1 Å². The van der Waals surface area contributed by atoms with Crippen LogP contribution in [0.2, 0.25) is 0 Å². The molecule has 0 fully saturated rings. The van der Waals surface area contributed by atoms with Crippen LogP contribution in [0, 0.1) is 0 Å². The molecule has 4 rings (SSSR count). The first kappa shape index (κ1) is 27.9. The van der Waals surface area contributed by atoms with E-state index in [0.717, 1.165) is 16.0 Å². The first-order chi connectivity index (χ1) is 18.9. The van der Waals surface area contributed by atoms with Gasteiger partial charge in [-0.15, -0.1) is 0 Å². The number of carbonyl (C=O) groups excluding carboxylic acids is 2. The first-order valence-corrected chi connectivity index (χ1v) is 13.5. The number of hydrogen-bond acceptors (Lipinski definition) is 7. The van der Waals surface area contributed by atoms with Gasteiger partial charge in [0.2, 0.25) is 0 Å². The molecule has 3 aromatic carbocycles. The maximum atomic E-state index is 12.8. The summed E-state index contributed by atoms with van der Waals surface area (Å²) in [6, 6.07) is 16.6. The lowest BCUT2D eigenvalue weighted by molar-refractivity contribution is -0.112. The minimum Gasteiger partial charge on any atom is -0.493 e. The fourth-order valence-electron chi connectivity index (χ4n) is 4.07. The van der Waals surface area contributed by atoms with Crippen LogP contribution in [0.25, 0.3) is 6.08 Å². The van der Waals surface area contributed by atoms with Gasteiger partial charge in [-0.2, -0.15) is 0 Å². The molecule has 0 radical (unpaired) electrons. The van der Waals surface area contributed by atoms with Crippen LogP contribution >= 0.6 is 11.8 Å². The summed E-state index contributed by atoms with van der Waals surface area (Å²) < 4.78 is 21.9. The van der Waals surface area contributed by atoms with Crippen molar-refractivity contribution in [2.24, 2.45) is 0 Å². The van der Waals surface area contributed by atoms with Crippen LogP contribution in [0.5, 0.6) is 23.0 Å². The third-order valence-electron chi connectivity index (χ3n) is 5.95. The van der Waals surface area contributed by atoms with Crippen molar-refractivity contribution in [1.29, 1.82) is 0 Å². The van der Waals surface area contributed by atoms with Crippen molar-refractivity contribution in [3.8, 4) is 23.0 Å². The van der Waals surface area contributed by atoms with Gasteiger partial charge in [0, 0.05) is 17.0 Å². The Morgan fingerprint density at radius 3 is 2.38 bits per heavy atom. The number of nitrogens with one attached hydrogen (secondary N) is 2. The average Bonchev–Trinajstić information content (AvgIpc) is 2.94. The van der Waals surface area contributed by atoms with Gasteiger partial charge in [0.1, 0.15) is 0 Å². The molecule has 0 saturated heterocycles. The molecule has 39 heavy (non-hydrogen) atoms. The zero-order chi connectivity index (χ0) is 27.8. The monoisotopic (exact) mass is 548 g/mol. The van der Waals surface area contributed by atoms with E-state index in [4.69, 9.17) is 18.9 Å². The summed E-state index contributed by atoms with van der Waals surface area (Å²) >= 11 is 1.35. The van der Waals surface area contributed by atoms with Gasteiger partial charge >= 0.3 is 0 Å². The molecule has 0 aliphatic carbocycles. The molecule has 1 aliphatic heterocycles. The highest BCUT2D eigenvalue weighted by Crippen LogP contribution is 2.40. The van der Waals surface area contributed by atoms with Crippen LogP contribution in [0.4, 0.5) is 5.69 Å². The molecule has 204 valence electrons. The second-order valence-electron chi connectivity index (χ2n) is 8.54. The molecule has 0 aromatic heterocycles. The van der Waals surface area contributed by atoms with E-state index >= 15 is 0 Å². The molecule has 1 aliphatic rings. The number of anilines is 1. The first-order valence-electron chi connectivity index (χ1n) is 12.7. The van der Waals surface area contributed by atoms with E-state index in [9.17, 15) is 9.59 Å². The Balaban J connectivity index is 1.39. The highest BCUT2D eigenvalue weighted by atomic mass is 32.2. The molecule has 0 spiro atoms. The van der Waals surface area contributed by atoms with E-state index in [1.807, 2.05) is 50.2 Å². The smallest absolute Gasteiger partial charge is 0.262 e. The Bertz CT molecular complexity index is 1390. The van der Waals surface area contributed by atoms with E-state index in [1.54, 1.807) is 38.5 Å². The molecule has 8 nitrogen and oxygen atoms in total. The number of thioether (sulfide) groups is 1. The summed E-state index contributed by atoms with van der Waals surface area (Å²) in [4.78, 5) is 27.0. The van der Waals surface area contributed by atoms with Crippen molar-refractivity contribution in [3.63, 3.8) is 0 Å². The van der Waals surface area contributed by atoms with Gasteiger partial charge in [-0.1, -0.05) is 23.9 Å². The van der Waals surface area contributed by atoms with Crippen LogP contribution in [-0.4, -0.2) is 45.8 Å². The van der Waals surface area contributed by atoms with E-state index in [1.165, 1.54) is 11.8 Å². The lowest BCUT2D eigenvalue weighted by atomic mass is 10.1. The van der Waals surface area contributed by atoms with Crippen LogP contribution in [0.3, 0.4) is 0 Å². The Labute approximate surface area is 232 Å². The van der Waals surface area contributed by atoms with Crippen LogP contribution in [0.15, 0.2) is 64.4 Å². The number of carbonyl (C=O) groups is 2. The SMILES string of the molecule is CCOc1ccc(CCNC(=O)c2ccc3c(c2)NC(=O)/C(=C\c2ccc(OC)c(OC)c2)S3)cc1OCC. The molecule has 0 saturated carbocycles. The maximum Gasteiger partial charge on any atom is 0.262 e. The summed E-state index contributed by atoms with van der Waals surface area (Å²) in [5.74, 6) is 2.17. The predicted molar refractivity (Wildman–Crippen MR) is 153 cm³/mol. The van der Waals surface area contributed by atoms with Gasteiger partial charge in [0.25, 0.3) is 11.8 Å². The second kappa shape index (κ2) is 13.1. The van der Waals surface area contributed by atoms with Gasteiger partial charge in [0.15, 0.2) is 23.0 Å². The van der Waals surface area contributed by atoms with Crippen LogP contribution in [0.1, 0.15) is 35.3 Å². The Morgan fingerprint density at radius 2 is 1.64 bits per heavy atom. The molecule has 9 heteroatoms. The minimum absolute atomic E-state index is 0.209. The fraction of sp³-hybridized carbons (Fsp3) is 0.267. The molecular weight excluding hydrogens is 516 g/mol. The summed E-state index contributed by atoms with van der Waals surface area (Å²) in [5, 5.41) is 5.86. The number of amides is 2. The van der Waals surface area contributed by atoms with E-state index < -0.39 is 0 Å². The molecule has 0 unspecified atom stereocenters. The van der Waals surface area contributed by atoms with Gasteiger partial charge in [-0.3, -0.25) is 9.59 Å². The minimum atomic E-state index is -0.236. The highest BCUT2D eigenvalue weighted by Gasteiger charge is 2.22. The zero-order valence-electron chi connectivity index (χ0n) is 22.5. The number of ether oxygens (including phenoxy) is 4. The maximum absolute atomic E-state index is 12.8. The normalized spacial score (nSPS) is 13.3. The standard InChI is InChI=1S/C30H32N2O6S/c1-5-37-24-11-7-19(15-26(24)38-6-2)13-14-31-29(33)21-9-12-27-22(18-21)32-30(34)28(39-27)17-20-8-10-23(35-3)25(16-20)36-4/h7-12,15-18H,5-6,13-14H2,1-4H3,(H,31,33)(H,32,34)/b28-17+. The van der Waals surface area contributed by atoms with Crippen molar-refractivity contribution < 1.29 is 28.5 Å². The van der Waals surface area contributed by atoms with E-state index in [-0.39, 0.29) is 11.8 Å². The summed E-state index contributed by atoms with van der Waals surface area (Å²) in [5.41, 5.74) is 2.93. The van der Waals surface area contributed by atoms with Gasteiger partial charge in [-0.05, 0) is 79.9 Å². The summed E-state index contributed by atoms with van der Waals surface area (Å²) in [6.45, 7) is 5.41. The Kier molecular flexibility index (Phi) is 9.38. The number of methoxy groups -OCH3 is 2. The summed E-state index contributed by atoms with van der Waals surface area (Å²) in [7, 11) is 3.14. The summed E-state index contributed by atoms with van der Waals surface area (Å²) in [6.07, 6.45) is 2.43. The quantitative estimate of drug-likeness (QED) is 0.303. The molecule has 0 atom stereocenters. The predicted octanol–water partition coefficient (Wildman–Crippen LogP) is 5.56. The lowest BCUT2D eigenvalue weighted by Gasteiger charge is -2.19. The van der Waals surface area contributed by atoms with Crippen molar-refractivity contribution in [2.45, 2.75) is 25.2 Å². The van der Waals surface area contributed by atoms with Crippen molar-refractivity contribution in [2.75, 3.05) is 39.3 Å². The van der Waals surface area contributed by atoms with Crippen molar-refractivity contribution >= 4 is 35.3 Å². The van der Waals surface area contributed by atoms with Gasteiger partial charge in [0.05, 0.1) is 38.0 Å². The molecule has 3 aromatic rings. The Morgan fingerprint density at radius 1 is 0.897 bits per heavy atom. The van der Waals surface area contributed by atoms with Crippen LogP contribution in [-0.2, 0) is 11.2 Å². The number of hydrogen-bond donors (Lipinski definition) is 2. The third kappa shape index (κ3) is 6.86. The Hall–Kier alpha value is -4.11. The number of fused-ring (bicyclic) bond motifs is 1. The average molecular weight is 549 g/mol.